The van der Waals surface area contributed by atoms with E-state index in [1.807, 2.05) is 49.4 Å². The molecule has 1 aromatic heterocycles. The highest BCUT2D eigenvalue weighted by Crippen LogP contribution is 2.36. The van der Waals surface area contributed by atoms with Crippen LogP contribution >= 0.6 is 22.9 Å². The first kappa shape index (κ1) is 23.0. The highest BCUT2D eigenvalue weighted by Gasteiger charge is 2.22. The first-order valence-electron chi connectivity index (χ1n) is 11.0. The van der Waals surface area contributed by atoms with Crippen LogP contribution in [0.4, 0.5) is 5.13 Å². The number of hydrogen-bond acceptors (Lipinski definition) is 6. The maximum atomic E-state index is 13.2. The van der Waals surface area contributed by atoms with Crippen molar-refractivity contribution in [3.05, 3.63) is 53.1 Å². The van der Waals surface area contributed by atoms with Gasteiger partial charge in [0.2, 0.25) is 5.91 Å². The molecule has 1 amide bonds. The molecule has 1 fully saturated rings. The molecule has 8 heteroatoms. The van der Waals surface area contributed by atoms with Gasteiger partial charge in [0, 0.05) is 26.2 Å². The monoisotopic (exact) mass is 473 g/mol. The van der Waals surface area contributed by atoms with Crippen molar-refractivity contribution in [2.45, 2.75) is 19.8 Å². The van der Waals surface area contributed by atoms with Crippen LogP contribution in [0.25, 0.3) is 10.2 Å². The van der Waals surface area contributed by atoms with Crippen molar-refractivity contribution in [3.63, 3.8) is 0 Å². The average Bonchev–Trinajstić information content (AvgIpc) is 3.27. The highest BCUT2D eigenvalue weighted by atomic mass is 35.5. The molecule has 1 aliphatic heterocycles. The quantitative estimate of drug-likeness (QED) is 0.447. The van der Waals surface area contributed by atoms with Crippen molar-refractivity contribution >= 4 is 44.2 Å². The van der Waals surface area contributed by atoms with Crippen LogP contribution in [0.2, 0.25) is 5.02 Å². The molecule has 2 aromatic carbocycles. The van der Waals surface area contributed by atoms with Gasteiger partial charge in [0.05, 0.1) is 41.5 Å². The number of aryl methyl sites for hydroxylation is 1. The van der Waals surface area contributed by atoms with Gasteiger partial charge in [-0.25, -0.2) is 4.98 Å². The molecule has 0 bridgehead atoms. The van der Waals surface area contributed by atoms with Crippen molar-refractivity contribution in [1.82, 2.24) is 9.88 Å². The van der Waals surface area contributed by atoms with E-state index in [4.69, 9.17) is 26.1 Å². The summed E-state index contributed by atoms with van der Waals surface area (Å²) in [5.41, 5.74) is 1.92. The maximum Gasteiger partial charge on any atom is 0.232 e. The van der Waals surface area contributed by atoms with Crippen molar-refractivity contribution in [1.29, 1.82) is 0 Å². The molecule has 0 atom stereocenters. The number of amides is 1. The first-order valence-corrected chi connectivity index (χ1v) is 12.2. The third-order valence-electron chi connectivity index (χ3n) is 5.51. The van der Waals surface area contributed by atoms with Gasteiger partial charge in [-0.3, -0.25) is 14.6 Å². The number of morpholine rings is 1. The molecule has 0 N–H and O–H groups in total. The standard InChI is InChI=1S/C24H28ClN3O3S/c1-18-8-9-20(25)23-22(18)26-24(32-23)28(12-5-11-27-13-16-30-17-14-27)21(29)10-15-31-19-6-3-2-4-7-19/h2-4,6-9H,5,10-17H2,1H3. The van der Waals surface area contributed by atoms with Gasteiger partial charge in [0.15, 0.2) is 5.13 Å². The van der Waals surface area contributed by atoms with E-state index in [1.54, 1.807) is 4.90 Å². The molecule has 0 saturated carbocycles. The number of hydrogen-bond donors (Lipinski definition) is 0. The van der Waals surface area contributed by atoms with Crippen LogP contribution < -0.4 is 9.64 Å². The second kappa shape index (κ2) is 11.1. The molecule has 0 radical (unpaired) electrons. The normalized spacial score (nSPS) is 14.6. The van der Waals surface area contributed by atoms with Gasteiger partial charge >= 0.3 is 0 Å². The number of para-hydroxylation sites is 1. The minimum Gasteiger partial charge on any atom is -0.493 e. The molecule has 6 nitrogen and oxygen atoms in total. The first-order chi connectivity index (χ1) is 15.6. The van der Waals surface area contributed by atoms with E-state index in [0.717, 1.165) is 60.8 Å². The molecule has 1 aliphatic rings. The predicted octanol–water partition coefficient (Wildman–Crippen LogP) is 4.78. The third kappa shape index (κ3) is 5.78. The van der Waals surface area contributed by atoms with Crippen LogP contribution in [0, 0.1) is 6.92 Å². The van der Waals surface area contributed by atoms with Crippen LogP contribution in [0.1, 0.15) is 18.4 Å². The van der Waals surface area contributed by atoms with Gasteiger partial charge in [-0.05, 0) is 37.1 Å². The summed E-state index contributed by atoms with van der Waals surface area (Å²) in [6, 6.07) is 13.4. The summed E-state index contributed by atoms with van der Waals surface area (Å²) in [6.07, 6.45) is 1.16. The van der Waals surface area contributed by atoms with E-state index in [2.05, 4.69) is 4.90 Å². The van der Waals surface area contributed by atoms with E-state index in [1.165, 1.54) is 11.3 Å². The average molecular weight is 474 g/mol. The molecule has 1 saturated heterocycles. The largest absolute Gasteiger partial charge is 0.493 e. The minimum atomic E-state index is 0.00994. The summed E-state index contributed by atoms with van der Waals surface area (Å²) >= 11 is 7.89. The van der Waals surface area contributed by atoms with Gasteiger partial charge in [0.1, 0.15) is 5.75 Å². The third-order valence-corrected chi connectivity index (χ3v) is 7.04. The summed E-state index contributed by atoms with van der Waals surface area (Å²) < 4.78 is 12.1. The van der Waals surface area contributed by atoms with Crippen molar-refractivity contribution in [2.75, 3.05) is 50.9 Å². The Bertz CT molecular complexity index is 999. The Morgan fingerprint density at radius 2 is 2.00 bits per heavy atom. The number of thiazole rings is 1. The Balaban J connectivity index is 1.46. The Morgan fingerprint density at radius 1 is 1.22 bits per heavy atom. The molecule has 32 heavy (non-hydrogen) atoms. The van der Waals surface area contributed by atoms with Crippen molar-refractivity contribution in [3.8, 4) is 5.75 Å². The van der Waals surface area contributed by atoms with Crippen LogP contribution in [-0.2, 0) is 9.53 Å². The molecule has 2 heterocycles. The Kier molecular flexibility index (Phi) is 7.97. The molecule has 0 unspecified atom stereocenters. The number of carbonyl (C=O) groups excluding carboxylic acids is 1. The fourth-order valence-corrected chi connectivity index (χ4v) is 5.08. The number of anilines is 1. The fraction of sp³-hybridized carbons (Fsp3) is 0.417. The Morgan fingerprint density at radius 3 is 2.75 bits per heavy atom. The van der Waals surface area contributed by atoms with Crippen molar-refractivity contribution < 1.29 is 14.3 Å². The number of benzene rings is 2. The number of rotatable bonds is 9. The smallest absolute Gasteiger partial charge is 0.232 e. The zero-order valence-electron chi connectivity index (χ0n) is 18.3. The summed E-state index contributed by atoms with van der Waals surface area (Å²) in [4.78, 5) is 22.2. The summed E-state index contributed by atoms with van der Waals surface area (Å²) in [5, 5.41) is 1.37. The molecule has 0 spiro atoms. The van der Waals surface area contributed by atoms with E-state index in [-0.39, 0.29) is 12.3 Å². The number of fused-ring (bicyclic) bond motifs is 1. The van der Waals surface area contributed by atoms with E-state index in [0.29, 0.717) is 23.3 Å². The lowest BCUT2D eigenvalue weighted by atomic mass is 10.2. The fourth-order valence-electron chi connectivity index (χ4n) is 3.72. The van der Waals surface area contributed by atoms with Crippen LogP contribution in [0.3, 0.4) is 0 Å². The molecule has 0 aliphatic carbocycles. The lowest BCUT2D eigenvalue weighted by molar-refractivity contribution is -0.119. The lowest BCUT2D eigenvalue weighted by Gasteiger charge is -2.27. The zero-order valence-corrected chi connectivity index (χ0v) is 19.8. The summed E-state index contributed by atoms with van der Waals surface area (Å²) in [6.45, 7) is 7.30. The second-order valence-electron chi connectivity index (χ2n) is 7.80. The zero-order chi connectivity index (χ0) is 22.3. The second-order valence-corrected chi connectivity index (χ2v) is 9.19. The number of halogens is 1. The van der Waals surface area contributed by atoms with Crippen LogP contribution in [0.5, 0.6) is 5.75 Å². The number of carbonyl (C=O) groups is 1. The Hall–Kier alpha value is -2.19. The van der Waals surface area contributed by atoms with Gasteiger partial charge < -0.3 is 9.47 Å². The van der Waals surface area contributed by atoms with Gasteiger partial charge in [-0.1, -0.05) is 47.2 Å². The summed E-state index contributed by atoms with van der Waals surface area (Å²) in [5.74, 6) is 0.775. The molecule has 3 aromatic rings. The van der Waals surface area contributed by atoms with Gasteiger partial charge in [0.25, 0.3) is 0 Å². The number of ether oxygens (including phenoxy) is 2. The van der Waals surface area contributed by atoms with Crippen LogP contribution in [-0.4, -0.2) is 61.8 Å². The lowest BCUT2D eigenvalue weighted by Crippen LogP contribution is -2.39. The van der Waals surface area contributed by atoms with E-state index in [9.17, 15) is 4.79 Å². The van der Waals surface area contributed by atoms with Crippen LogP contribution in [0.15, 0.2) is 42.5 Å². The maximum absolute atomic E-state index is 13.2. The number of nitrogens with zero attached hydrogens (tertiary/aromatic N) is 3. The van der Waals surface area contributed by atoms with Gasteiger partial charge in [-0.15, -0.1) is 0 Å². The molecular weight excluding hydrogens is 446 g/mol. The molecule has 170 valence electrons. The van der Waals surface area contributed by atoms with Gasteiger partial charge in [-0.2, -0.15) is 0 Å². The predicted molar refractivity (Wildman–Crippen MR) is 130 cm³/mol. The van der Waals surface area contributed by atoms with Crippen molar-refractivity contribution in [2.24, 2.45) is 0 Å². The molecular formula is C24H28ClN3O3S. The molecule has 4 rings (SSSR count). The SMILES string of the molecule is Cc1ccc(Cl)c2sc(N(CCCN3CCOCC3)C(=O)CCOc3ccccc3)nc12. The highest BCUT2D eigenvalue weighted by molar-refractivity contribution is 7.23. The number of aromatic nitrogens is 1. The Labute approximate surface area is 197 Å². The van der Waals surface area contributed by atoms with E-state index >= 15 is 0 Å². The minimum absolute atomic E-state index is 0.00994. The topological polar surface area (TPSA) is 54.9 Å². The van der Waals surface area contributed by atoms with E-state index < -0.39 is 0 Å². The summed E-state index contributed by atoms with van der Waals surface area (Å²) in [7, 11) is 0.